The van der Waals surface area contributed by atoms with E-state index in [1.54, 1.807) is 19.2 Å². The Hall–Kier alpha value is -2.58. The van der Waals surface area contributed by atoms with E-state index in [0.29, 0.717) is 24.2 Å². The lowest BCUT2D eigenvalue weighted by Gasteiger charge is -2.25. The number of benzene rings is 2. The Morgan fingerprint density at radius 1 is 1.10 bits per heavy atom. The van der Waals surface area contributed by atoms with E-state index in [9.17, 15) is 13.2 Å². The third-order valence-corrected chi connectivity index (χ3v) is 7.24. The maximum Gasteiger partial charge on any atom is 0.251 e. The van der Waals surface area contributed by atoms with E-state index in [2.05, 4.69) is 10.2 Å². The van der Waals surface area contributed by atoms with Gasteiger partial charge < -0.3 is 15.0 Å². The molecule has 0 unspecified atom stereocenters. The summed E-state index contributed by atoms with van der Waals surface area (Å²) in [7, 11) is -1.67. The number of sulfonamides is 1. The van der Waals surface area contributed by atoms with Gasteiger partial charge in [0.05, 0.1) is 25.1 Å². The van der Waals surface area contributed by atoms with Crippen LogP contribution in [0.25, 0.3) is 0 Å². The standard InChI is InChI=1S/C23H29N3O4S/c1-30-20-8-5-17(6-9-20)21(16-25-12-3-4-13-25)24-23(27)19-7-10-22-18(15-19)11-14-26(22)31(2,28)29/h5-10,15,21H,3-4,11-14,16H2,1-2H3,(H,24,27)/t21-/m0/s1. The summed E-state index contributed by atoms with van der Waals surface area (Å²) in [5.74, 6) is 0.629. The number of amides is 1. The number of hydrogen-bond acceptors (Lipinski definition) is 5. The summed E-state index contributed by atoms with van der Waals surface area (Å²) in [6.07, 6.45) is 4.19. The van der Waals surface area contributed by atoms with Gasteiger partial charge in [-0.3, -0.25) is 9.10 Å². The smallest absolute Gasteiger partial charge is 0.251 e. The van der Waals surface area contributed by atoms with Gasteiger partial charge >= 0.3 is 0 Å². The van der Waals surface area contributed by atoms with Crippen molar-refractivity contribution in [2.24, 2.45) is 0 Å². The van der Waals surface area contributed by atoms with E-state index in [1.165, 1.54) is 23.4 Å². The van der Waals surface area contributed by atoms with Crippen molar-refractivity contribution in [1.29, 1.82) is 0 Å². The molecule has 8 heteroatoms. The lowest BCUT2D eigenvalue weighted by molar-refractivity contribution is 0.0927. The summed E-state index contributed by atoms with van der Waals surface area (Å²) in [6, 6.07) is 12.9. The Bertz CT molecular complexity index is 1050. The van der Waals surface area contributed by atoms with Gasteiger partial charge in [-0.25, -0.2) is 8.42 Å². The molecule has 0 aromatic heterocycles. The Morgan fingerprint density at radius 2 is 1.81 bits per heavy atom. The fourth-order valence-electron chi connectivity index (χ4n) is 4.39. The second-order valence-corrected chi connectivity index (χ2v) is 10.1. The molecule has 0 bridgehead atoms. The van der Waals surface area contributed by atoms with Gasteiger partial charge in [0.15, 0.2) is 0 Å². The quantitative estimate of drug-likeness (QED) is 0.712. The Balaban J connectivity index is 1.54. The molecule has 1 N–H and O–H groups in total. The molecule has 0 spiro atoms. The van der Waals surface area contributed by atoms with E-state index >= 15 is 0 Å². The maximum atomic E-state index is 13.1. The van der Waals surface area contributed by atoms with E-state index in [1.807, 2.05) is 30.3 Å². The molecule has 2 heterocycles. The number of hydrogen-bond donors (Lipinski definition) is 1. The lowest BCUT2D eigenvalue weighted by Crippen LogP contribution is -2.37. The van der Waals surface area contributed by atoms with Gasteiger partial charge in [0.25, 0.3) is 5.91 Å². The minimum Gasteiger partial charge on any atom is -0.497 e. The number of methoxy groups -OCH3 is 1. The molecule has 2 aromatic rings. The van der Waals surface area contributed by atoms with Gasteiger partial charge in [-0.05, 0) is 73.8 Å². The number of likely N-dealkylation sites (tertiary alicyclic amines) is 1. The average molecular weight is 444 g/mol. The molecule has 7 nitrogen and oxygen atoms in total. The second-order valence-electron chi connectivity index (χ2n) is 8.24. The van der Waals surface area contributed by atoms with Crippen LogP contribution in [0.15, 0.2) is 42.5 Å². The maximum absolute atomic E-state index is 13.1. The van der Waals surface area contributed by atoms with Crippen molar-refractivity contribution in [3.63, 3.8) is 0 Å². The van der Waals surface area contributed by atoms with Crippen molar-refractivity contribution >= 4 is 21.6 Å². The van der Waals surface area contributed by atoms with E-state index in [4.69, 9.17) is 4.74 Å². The molecule has 1 amide bonds. The van der Waals surface area contributed by atoms with Crippen molar-refractivity contribution in [2.45, 2.75) is 25.3 Å². The van der Waals surface area contributed by atoms with Crippen LogP contribution in [-0.4, -0.2) is 58.8 Å². The summed E-state index contributed by atoms with van der Waals surface area (Å²) in [5.41, 5.74) is 3.14. The van der Waals surface area contributed by atoms with Crippen LogP contribution in [0.5, 0.6) is 5.75 Å². The Morgan fingerprint density at radius 3 is 2.45 bits per heavy atom. The topological polar surface area (TPSA) is 79.0 Å². The van der Waals surface area contributed by atoms with Crippen LogP contribution in [0.4, 0.5) is 5.69 Å². The number of anilines is 1. The highest BCUT2D eigenvalue weighted by Crippen LogP contribution is 2.31. The number of ether oxygens (including phenoxy) is 1. The zero-order chi connectivity index (χ0) is 22.0. The number of rotatable bonds is 7. The van der Waals surface area contributed by atoms with Gasteiger partial charge in [-0.15, -0.1) is 0 Å². The first-order valence-corrected chi connectivity index (χ1v) is 12.5. The largest absolute Gasteiger partial charge is 0.497 e. The summed E-state index contributed by atoms with van der Waals surface area (Å²) < 4.78 is 30.6. The van der Waals surface area contributed by atoms with Crippen LogP contribution in [0, 0.1) is 0 Å². The predicted molar refractivity (Wildman–Crippen MR) is 121 cm³/mol. The molecule has 2 aliphatic rings. The number of carbonyl (C=O) groups excluding carboxylic acids is 1. The minimum absolute atomic E-state index is 0.141. The first-order valence-electron chi connectivity index (χ1n) is 10.6. The molecule has 1 saturated heterocycles. The van der Waals surface area contributed by atoms with Crippen LogP contribution in [0.3, 0.4) is 0 Å². The van der Waals surface area contributed by atoms with Crippen LogP contribution >= 0.6 is 0 Å². The molecule has 31 heavy (non-hydrogen) atoms. The molecular weight excluding hydrogens is 414 g/mol. The van der Waals surface area contributed by atoms with Crippen LogP contribution in [-0.2, 0) is 16.4 Å². The third kappa shape index (κ3) is 4.85. The fourth-order valence-corrected chi connectivity index (χ4v) is 5.35. The zero-order valence-corrected chi connectivity index (χ0v) is 18.8. The first-order chi connectivity index (χ1) is 14.8. The van der Waals surface area contributed by atoms with Crippen molar-refractivity contribution in [2.75, 3.05) is 43.8 Å². The molecule has 0 aliphatic carbocycles. The molecular formula is C23H29N3O4S. The SMILES string of the molecule is COc1ccc([C@H](CN2CCCC2)NC(=O)c2ccc3c(c2)CCN3S(C)(=O)=O)cc1. The van der Waals surface area contributed by atoms with Gasteiger partial charge in [0.2, 0.25) is 10.0 Å². The van der Waals surface area contributed by atoms with Crippen molar-refractivity contribution in [3.8, 4) is 5.75 Å². The molecule has 4 rings (SSSR count). The van der Waals surface area contributed by atoms with Gasteiger partial charge in [-0.1, -0.05) is 12.1 Å². The van der Waals surface area contributed by atoms with Gasteiger partial charge in [0.1, 0.15) is 5.75 Å². The minimum atomic E-state index is -3.31. The first kappa shape index (κ1) is 21.6. The molecule has 1 fully saturated rings. The highest BCUT2D eigenvalue weighted by Gasteiger charge is 2.27. The van der Waals surface area contributed by atoms with Gasteiger partial charge in [0, 0.05) is 18.7 Å². The highest BCUT2D eigenvalue weighted by atomic mass is 32.2. The lowest BCUT2D eigenvalue weighted by atomic mass is 10.0. The average Bonchev–Trinajstić information content (AvgIpc) is 3.42. The molecule has 0 saturated carbocycles. The van der Waals surface area contributed by atoms with E-state index < -0.39 is 10.0 Å². The van der Waals surface area contributed by atoms with Gasteiger partial charge in [-0.2, -0.15) is 0 Å². The van der Waals surface area contributed by atoms with Crippen LogP contribution < -0.4 is 14.4 Å². The summed E-state index contributed by atoms with van der Waals surface area (Å²) in [5, 5.41) is 3.19. The monoisotopic (exact) mass is 443 g/mol. The molecule has 166 valence electrons. The molecule has 0 radical (unpaired) electrons. The summed E-state index contributed by atoms with van der Waals surface area (Å²) >= 11 is 0. The summed E-state index contributed by atoms with van der Waals surface area (Å²) in [4.78, 5) is 15.5. The third-order valence-electron chi connectivity index (χ3n) is 6.06. The molecule has 2 aromatic carbocycles. The van der Waals surface area contributed by atoms with E-state index in [0.717, 1.165) is 36.5 Å². The Kier molecular flexibility index (Phi) is 6.20. The number of carbonyl (C=O) groups is 1. The molecule has 2 aliphatic heterocycles. The van der Waals surface area contributed by atoms with Crippen LogP contribution in [0.1, 0.15) is 40.4 Å². The predicted octanol–water partition coefficient (Wildman–Crippen LogP) is 2.58. The normalized spacial score (nSPS) is 17.4. The Labute approximate surface area is 184 Å². The second kappa shape index (κ2) is 8.88. The zero-order valence-electron chi connectivity index (χ0n) is 18.0. The summed E-state index contributed by atoms with van der Waals surface area (Å²) in [6.45, 7) is 3.26. The number of fused-ring (bicyclic) bond motifs is 1. The van der Waals surface area contributed by atoms with Crippen molar-refractivity contribution < 1.29 is 17.9 Å². The number of nitrogens with one attached hydrogen (secondary N) is 1. The highest BCUT2D eigenvalue weighted by molar-refractivity contribution is 7.92. The van der Waals surface area contributed by atoms with Crippen molar-refractivity contribution in [3.05, 3.63) is 59.2 Å². The van der Waals surface area contributed by atoms with Crippen molar-refractivity contribution in [1.82, 2.24) is 10.2 Å². The fraction of sp³-hybridized carbons (Fsp3) is 0.435. The molecule has 1 atom stereocenters. The van der Waals surface area contributed by atoms with Crippen LogP contribution in [0.2, 0.25) is 0 Å². The van der Waals surface area contributed by atoms with E-state index in [-0.39, 0.29) is 11.9 Å². The number of nitrogens with zero attached hydrogens (tertiary/aromatic N) is 2.